The lowest BCUT2D eigenvalue weighted by molar-refractivity contribution is -0.383. The second kappa shape index (κ2) is 8.63. The van der Waals surface area contributed by atoms with Crippen molar-refractivity contribution in [2.75, 3.05) is 10.7 Å². The molecule has 3 rings (SSSR count). The van der Waals surface area contributed by atoms with Crippen LogP contribution >= 0.6 is 11.6 Å². The van der Waals surface area contributed by atoms with E-state index in [2.05, 4.69) is 26.1 Å². The van der Waals surface area contributed by atoms with Crippen LogP contribution < -0.4 is 16.2 Å². The topological polar surface area (TPSA) is 122 Å². The number of anilines is 2. The molecule has 1 aliphatic carbocycles. The van der Waals surface area contributed by atoms with Gasteiger partial charge >= 0.3 is 5.69 Å². The molecule has 1 fully saturated rings. The molecule has 2 aromatic rings. The molecule has 1 aromatic heterocycles. The zero-order chi connectivity index (χ0) is 19.2. The van der Waals surface area contributed by atoms with Crippen molar-refractivity contribution in [3.63, 3.8) is 0 Å². The summed E-state index contributed by atoms with van der Waals surface area (Å²) >= 11 is 5.87. The number of amides is 1. The van der Waals surface area contributed by atoms with Crippen molar-refractivity contribution in [2.45, 2.75) is 38.1 Å². The summed E-state index contributed by atoms with van der Waals surface area (Å²) < 4.78 is 0. The molecule has 1 saturated carbocycles. The van der Waals surface area contributed by atoms with Gasteiger partial charge in [-0.2, -0.15) is 0 Å². The molecule has 27 heavy (non-hydrogen) atoms. The van der Waals surface area contributed by atoms with E-state index in [1.807, 2.05) is 0 Å². The van der Waals surface area contributed by atoms with Crippen molar-refractivity contribution in [2.24, 2.45) is 0 Å². The molecule has 0 aliphatic heterocycles. The molecule has 0 bridgehead atoms. The molecule has 0 spiro atoms. The Morgan fingerprint density at radius 1 is 1.19 bits per heavy atom. The third-order valence-corrected chi connectivity index (χ3v) is 4.57. The highest BCUT2D eigenvalue weighted by Crippen LogP contribution is 2.31. The Labute approximate surface area is 160 Å². The van der Waals surface area contributed by atoms with Crippen molar-refractivity contribution >= 4 is 34.8 Å². The molecule has 10 heteroatoms. The summed E-state index contributed by atoms with van der Waals surface area (Å²) in [5.41, 5.74) is 4.91. The number of nitro groups is 1. The summed E-state index contributed by atoms with van der Waals surface area (Å²) in [7, 11) is 0. The van der Waals surface area contributed by atoms with Gasteiger partial charge in [-0.05, 0) is 31.0 Å². The molecule has 1 heterocycles. The monoisotopic (exact) mass is 390 g/mol. The molecule has 9 nitrogen and oxygen atoms in total. The first-order valence-electron chi connectivity index (χ1n) is 8.62. The minimum absolute atomic E-state index is 0.0938. The van der Waals surface area contributed by atoms with E-state index in [1.165, 1.54) is 18.8 Å². The SMILES string of the molecule is O=C(NNc1ncnc(NC2CCCCC2)c1[N+](=O)[O-])c1cccc(Cl)c1. The maximum absolute atomic E-state index is 12.2. The number of halogens is 1. The summed E-state index contributed by atoms with van der Waals surface area (Å²) in [6, 6.07) is 6.48. The van der Waals surface area contributed by atoms with E-state index >= 15 is 0 Å². The summed E-state index contributed by atoms with van der Waals surface area (Å²) in [4.78, 5) is 31.1. The van der Waals surface area contributed by atoms with Gasteiger partial charge in [0.05, 0.1) is 4.92 Å². The molecule has 0 saturated heterocycles. The van der Waals surface area contributed by atoms with Crippen molar-refractivity contribution in [1.82, 2.24) is 15.4 Å². The van der Waals surface area contributed by atoms with Gasteiger partial charge in [-0.3, -0.25) is 25.8 Å². The molecule has 1 aromatic carbocycles. The van der Waals surface area contributed by atoms with Gasteiger partial charge in [0, 0.05) is 16.6 Å². The number of hydrazine groups is 1. The fourth-order valence-corrected chi connectivity index (χ4v) is 3.20. The number of carbonyl (C=O) groups excluding carboxylic acids is 1. The maximum atomic E-state index is 12.2. The minimum Gasteiger partial charge on any atom is -0.361 e. The molecule has 3 N–H and O–H groups in total. The first-order valence-corrected chi connectivity index (χ1v) is 9.00. The quantitative estimate of drug-likeness (QED) is 0.509. The lowest BCUT2D eigenvalue weighted by atomic mass is 9.95. The van der Waals surface area contributed by atoms with Crippen LogP contribution in [0.25, 0.3) is 0 Å². The summed E-state index contributed by atoms with van der Waals surface area (Å²) in [5.74, 6) is -0.447. The molecular formula is C17H19ClN6O3. The van der Waals surface area contributed by atoms with Crippen LogP contribution in [0.5, 0.6) is 0 Å². The number of nitrogens with one attached hydrogen (secondary N) is 3. The first-order chi connectivity index (χ1) is 13.0. The van der Waals surface area contributed by atoms with Gasteiger partial charge in [0.2, 0.25) is 11.6 Å². The lowest BCUT2D eigenvalue weighted by Crippen LogP contribution is -2.30. The zero-order valence-corrected chi connectivity index (χ0v) is 15.2. The first kappa shape index (κ1) is 18.8. The van der Waals surface area contributed by atoms with Crippen LogP contribution in [0, 0.1) is 10.1 Å². The van der Waals surface area contributed by atoms with E-state index in [-0.39, 0.29) is 23.4 Å². The van der Waals surface area contributed by atoms with Crippen LogP contribution in [0.4, 0.5) is 17.3 Å². The molecule has 1 aliphatic rings. The Morgan fingerprint density at radius 3 is 2.63 bits per heavy atom. The van der Waals surface area contributed by atoms with Crippen molar-refractivity contribution < 1.29 is 9.72 Å². The number of aromatic nitrogens is 2. The Hall–Kier alpha value is -2.94. The molecule has 1 amide bonds. The van der Waals surface area contributed by atoms with Crippen LogP contribution in [0.3, 0.4) is 0 Å². The fourth-order valence-electron chi connectivity index (χ4n) is 3.01. The predicted molar refractivity (Wildman–Crippen MR) is 102 cm³/mol. The Bertz CT molecular complexity index is 841. The largest absolute Gasteiger partial charge is 0.361 e. The standard InChI is InChI=1S/C17H19ClN6O3/c18-12-6-4-5-11(9-12)17(25)23-22-16-14(24(26)27)15(19-10-20-16)21-13-7-2-1-3-8-13/h4-6,9-10,13H,1-3,7-8H2,(H,23,25)(H2,19,20,21,22). The normalized spacial score (nSPS) is 14.4. The fraction of sp³-hybridized carbons (Fsp3) is 0.353. The smallest absolute Gasteiger partial charge is 0.354 e. The van der Waals surface area contributed by atoms with Gasteiger partial charge < -0.3 is 5.32 Å². The van der Waals surface area contributed by atoms with E-state index in [0.717, 1.165) is 25.7 Å². The molecule has 0 atom stereocenters. The third-order valence-electron chi connectivity index (χ3n) is 4.33. The van der Waals surface area contributed by atoms with Crippen molar-refractivity contribution in [3.8, 4) is 0 Å². The molecular weight excluding hydrogens is 372 g/mol. The molecule has 142 valence electrons. The number of nitrogens with zero attached hydrogens (tertiary/aromatic N) is 3. The molecule has 0 radical (unpaired) electrons. The van der Waals surface area contributed by atoms with Crippen molar-refractivity contribution in [3.05, 3.63) is 51.3 Å². The summed E-state index contributed by atoms with van der Waals surface area (Å²) in [5, 5.41) is 15.1. The number of hydrogen-bond donors (Lipinski definition) is 3. The van der Waals surface area contributed by atoms with Gasteiger partial charge in [-0.1, -0.05) is 36.9 Å². The van der Waals surface area contributed by atoms with E-state index in [1.54, 1.807) is 18.2 Å². The summed E-state index contributed by atoms with van der Waals surface area (Å²) in [6.07, 6.45) is 6.43. The second-order valence-electron chi connectivity index (χ2n) is 6.25. The van der Waals surface area contributed by atoms with Crippen LogP contribution in [0.2, 0.25) is 5.02 Å². The van der Waals surface area contributed by atoms with E-state index in [4.69, 9.17) is 11.6 Å². The van der Waals surface area contributed by atoms with E-state index < -0.39 is 10.8 Å². The minimum atomic E-state index is -0.570. The number of carbonyl (C=O) groups is 1. The van der Waals surface area contributed by atoms with Crippen LogP contribution in [-0.2, 0) is 0 Å². The van der Waals surface area contributed by atoms with Crippen LogP contribution in [0.15, 0.2) is 30.6 Å². The maximum Gasteiger partial charge on any atom is 0.354 e. The Morgan fingerprint density at radius 2 is 1.93 bits per heavy atom. The summed E-state index contributed by atoms with van der Waals surface area (Å²) in [6.45, 7) is 0. The van der Waals surface area contributed by atoms with E-state index in [0.29, 0.717) is 10.6 Å². The van der Waals surface area contributed by atoms with E-state index in [9.17, 15) is 14.9 Å². The second-order valence-corrected chi connectivity index (χ2v) is 6.68. The van der Waals surface area contributed by atoms with Gasteiger partial charge in [0.15, 0.2) is 0 Å². The predicted octanol–water partition coefficient (Wildman–Crippen LogP) is 3.54. The highest BCUT2D eigenvalue weighted by Gasteiger charge is 2.26. The average molecular weight is 391 g/mol. The average Bonchev–Trinajstić information content (AvgIpc) is 2.66. The number of rotatable bonds is 6. The zero-order valence-electron chi connectivity index (χ0n) is 14.4. The number of benzene rings is 1. The molecule has 0 unspecified atom stereocenters. The highest BCUT2D eigenvalue weighted by atomic mass is 35.5. The Kier molecular flexibility index (Phi) is 6.02. The third kappa shape index (κ3) is 4.82. The van der Waals surface area contributed by atoms with Gasteiger partial charge in [0.1, 0.15) is 6.33 Å². The van der Waals surface area contributed by atoms with Crippen LogP contribution in [0.1, 0.15) is 42.5 Å². The van der Waals surface area contributed by atoms with Gasteiger partial charge in [-0.15, -0.1) is 0 Å². The highest BCUT2D eigenvalue weighted by molar-refractivity contribution is 6.30. The van der Waals surface area contributed by atoms with Gasteiger partial charge in [-0.25, -0.2) is 9.97 Å². The van der Waals surface area contributed by atoms with Gasteiger partial charge in [0.25, 0.3) is 5.91 Å². The Balaban J connectivity index is 1.75. The van der Waals surface area contributed by atoms with Crippen LogP contribution in [-0.4, -0.2) is 26.8 Å². The lowest BCUT2D eigenvalue weighted by Gasteiger charge is -2.23. The van der Waals surface area contributed by atoms with Crippen molar-refractivity contribution in [1.29, 1.82) is 0 Å². The number of hydrogen-bond acceptors (Lipinski definition) is 7.